The number of ether oxygens (including phenoxy) is 2. The molecule has 2 aromatic rings. The summed E-state index contributed by atoms with van der Waals surface area (Å²) in [4.78, 5) is 3.77. The van der Waals surface area contributed by atoms with Gasteiger partial charge in [-0.25, -0.2) is 9.67 Å². The number of hydrogen-bond acceptors (Lipinski definition) is 6. The van der Waals surface area contributed by atoms with Gasteiger partial charge in [-0.05, 0) is 38.0 Å². The minimum absolute atomic E-state index is 0.198. The van der Waals surface area contributed by atoms with Crippen LogP contribution in [0.15, 0.2) is 29.3 Å². The van der Waals surface area contributed by atoms with Crippen LogP contribution < -0.4 is 0 Å². The number of aliphatic hydroxyl groups is 1. The molecule has 1 saturated heterocycles. The molecule has 1 aliphatic heterocycles. The Labute approximate surface area is 165 Å². The normalized spacial score (nSPS) is 23.1. The second kappa shape index (κ2) is 8.40. The van der Waals surface area contributed by atoms with Crippen molar-refractivity contribution in [3.63, 3.8) is 0 Å². The van der Waals surface area contributed by atoms with Crippen molar-refractivity contribution < 1.29 is 27.8 Å². The van der Waals surface area contributed by atoms with Gasteiger partial charge in [-0.15, -0.1) is 0 Å². The summed E-state index contributed by atoms with van der Waals surface area (Å²) in [6.45, 7) is 2.48. The first kappa shape index (κ1) is 21.1. The first-order valence-corrected chi connectivity index (χ1v) is 9.57. The van der Waals surface area contributed by atoms with Crippen LogP contribution in [0.25, 0.3) is 0 Å². The zero-order valence-electron chi connectivity index (χ0n) is 15.6. The number of hydrogen-bond donors (Lipinski definition) is 1. The van der Waals surface area contributed by atoms with Crippen LogP contribution in [0.3, 0.4) is 0 Å². The number of rotatable bonds is 6. The van der Waals surface area contributed by atoms with E-state index in [1.165, 1.54) is 17.8 Å². The Morgan fingerprint density at radius 2 is 2.21 bits per heavy atom. The van der Waals surface area contributed by atoms with Gasteiger partial charge < -0.3 is 14.6 Å². The van der Waals surface area contributed by atoms with Crippen LogP contribution >= 0.6 is 11.8 Å². The third-order valence-corrected chi connectivity index (χ3v) is 5.84. The molecular formula is C18H22F3N3O3S. The Morgan fingerprint density at radius 1 is 1.43 bits per heavy atom. The van der Waals surface area contributed by atoms with Gasteiger partial charge in [0.05, 0.1) is 23.0 Å². The Kier molecular flexibility index (Phi) is 6.33. The summed E-state index contributed by atoms with van der Waals surface area (Å²) < 4.78 is 51.2. The number of halogens is 3. The SMILES string of the molecule is COCn1nc(CO)cc1C1CC(C)(Sc2cccc(C(F)(F)F)n2)CCO1. The molecule has 0 amide bonds. The van der Waals surface area contributed by atoms with Crippen LogP contribution in [0.4, 0.5) is 13.2 Å². The van der Waals surface area contributed by atoms with Crippen molar-refractivity contribution in [3.8, 4) is 0 Å². The number of alkyl halides is 3. The number of aliphatic hydroxyl groups excluding tert-OH is 1. The molecule has 2 atom stereocenters. The average molecular weight is 417 g/mol. The van der Waals surface area contributed by atoms with E-state index in [-0.39, 0.29) is 24.2 Å². The number of methoxy groups -OCH3 is 1. The van der Waals surface area contributed by atoms with E-state index in [9.17, 15) is 18.3 Å². The molecule has 1 fully saturated rings. The molecule has 10 heteroatoms. The minimum Gasteiger partial charge on any atom is -0.390 e. The molecule has 3 rings (SSSR count). The molecule has 3 heterocycles. The van der Waals surface area contributed by atoms with Crippen molar-refractivity contribution in [2.24, 2.45) is 0 Å². The van der Waals surface area contributed by atoms with E-state index in [1.807, 2.05) is 6.92 Å². The summed E-state index contributed by atoms with van der Waals surface area (Å²) >= 11 is 1.33. The number of pyridine rings is 1. The van der Waals surface area contributed by atoms with E-state index in [1.54, 1.807) is 23.9 Å². The van der Waals surface area contributed by atoms with Crippen LogP contribution in [0.5, 0.6) is 0 Å². The highest BCUT2D eigenvalue weighted by Gasteiger charge is 2.38. The molecule has 28 heavy (non-hydrogen) atoms. The van der Waals surface area contributed by atoms with Crippen LogP contribution in [0.2, 0.25) is 0 Å². The fourth-order valence-electron chi connectivity index (χ4n) is 3.18. The number of aromatic nitrogens is 3. The maximum Gasteiger partial charge on any atom is 0.433 e. The lowest BCUT2D eigenvalue weighted by Gasteiger charge is -2.37. The molecule has 6 nitrogen and oxygen atoms in total. The highest BCUT2D eigenvalue weighted by Crippen LogP contribution is 2.45. The first-order valence-electron chi connectivity index (χ1n) is 8.75. The molecule has 1 N–H and O–H groups in total. The van der Waals surface area contributed by atoms with Crippen molar-refractivity contribution in [2.75, 3.05) is 13.7 Å². The zero-order chi connectivity index (χ0) is 20.4. The van der Waals surface area contributed by atoms with Crippen molar-refractivity contribution in [2.45, 2.75) is 55.2 Å². The van der Waals surface area contributed by atoms with Gasteiger partial charge in [-0.2, -0.15) is 18.3 Å². The monoisotopic (exact) mass is 417 g/mol. The Hall–Kier alpha value is -1.62. The zero-order valence-corrected chi connectivity index (χ0v) is 16.4. The average Bonchev–Trinajstić information content (AvgIpc) is 3.04. The Balaban J connectivity index is 1.80. The maximum absolute atomic E-state index is 12.9. The fraction of sp³-hybridized carbons (Fsp3) is 0.556. The molecule has 0 aliphatic carbocycles. The molecular weight excluding hydrogens is 395 g/mol. The van der Waals surface area contributed by atoms with E-state index in [4.69, 9.17) is 9.47 Å². The van der Waals surface area contributed by atoms with Crippen LogP contribution in [0.1, 0.15) is 43.0 Å². The highest BCUT2D eigenvalue weighted by molar-refractivity contribution is 8.00. The van der Waals surface area contributed by atoms with Crippen LogP contribution in [0, 0.1) is 0 Å². The molecule has 2 aromatic heterocycles. The van der Waals surface area contributed by atoms with E-state index in [2.05, 4.69) is 10.1 Å². The third kappa shape index (κ3) is 4.86. The maximum atomic E-state index is 12.9. The molecule has 0 aromatic carbocycles. The van der Waals surface area contributed by atoms with E-state index < -0.39 is 11.9 Å². The van der Waals surface area contributed by atoms with Gasteiger partial charge in [0.15, 0.2) is 0 Å². The van der Waals surface area contributed by atoms with Crippen LogP contribution in [-0.2, 0) is 29.0 Å². The summed E-state index contributed by atoms with van der Waals surface area (Å²) in [5, 5.41) is 14.0. The quantitative estimate of drug-likeness (QED) is 0.771. The van der Waals surface area contributed by atoms with Crippen molar-refractivity contribution in [1.29, 1.82) is 0 Å². The summed E-state index contributed by atoms with van der Waals surface area (Å²) in [7, 11) is 1.55. The highest BCUT2D eigenvalue weighted by atomic mass is 32.2. The lowest BCUT2D eigenvalue weighted by atomic mass is 9.94. The molecule has 154 valence electrons. The van der Waals surface area contributed by atoms with Crippen molar-refractivity contribution >= 4 is 11.8 Å². The van der Waals surface area contributed by atoms with Gasteiger partial charge >= 0.3 is 6.18 Å². The van der Waals surface area contributed by atoms with Crippen molar-refractivity contribution in [1.82, 2.24) is 14.8 Å². The summed E-state index contributed by atoms with van der Waals surface area (Å²) in [6, 6.07) is 5.70. The molecule has 0 saturated carbocycles. The number of nitrogens with zero attached hydrogens (tertiary/aromatic N) is 3. The van der Waals surface area contributed by atoms with Gasteiger partial charge in [-0.3, -0.25) is 0 Å². The van der Waals surface area contributed by atoms with E-state index in [0.717, 1.165) is 11.8 Å². The standard InChI is InChI=1S/C18H22F3N3O3S/c1-17(28-16-5-3-4-15(22-16)18(19,20)21)6-7-27-14(9-17)13-8-12(10-25)23-24(13)11-26-2/h3-5,8,14,25H,6-7,9-11H2,1-2H3. The topological polar surface area (TPSA) is 69.4 Å². The summed E-state index contributed by atoms with van der Waals surface area (Å²) in [5.74, 6) is 0. The first-order chi connectivity index (χ1) is 13.2. The predicted molar refractivity (Wildman–Crippen MR) is 96.6 cm³/mol. The molecule has 0 spiro atoms. The Bertz CT molecular complexity index is 815. The van der Waals surface area contributed by atoms with E-state index in [0.29, 0.717) is 30.2 Å². The molecule has 2 unspecified atom stereocenters. The molecule has 0 bridgehead atoms. The smallest absolute Gasteiger partial charge is 0.390 e. The minimum atomic E-state index is -4.47. The largest absolute Gasteiger partial charge is 0.433 e. The van der Waals surface area contributed by atoms with Gasteiger partial charge in [0.2, 0.25) is 0 Å². The predicted octanol–water partition coefficient (Wildman–Crippen LogP) is 3.80. The fourth-order valence-corrected chi connectivity index (χ4v) is 4.40. The molecule has 0 radical (unpaired) electrons. The van der Waals surface area contributed by atoms with Gasteiger partial charge in [-0.1, -0.05) is 17.8 Å². The lowest BCUT2D eigenvalue weighted by molar-refractivity contribution is -0.141. The van der Waals surface area contributed by atoms with Crippen LogP contribution in [-0.4, -0.2) is 38.3 Å². The van der Waals surface area contributed by atoms with Gasteiger partial charge in [0.1, 0.15) is 18.5 Å². The molecule has 1 aliphatic rings. The van der Waals surface area contributed by atoms with Gasteiger partial charge in [0, 0.05) is 18.5 Å². The van der Waals surface area contributed by atoms with Crippen molar-refractivity contribution in [3.05, 3.63) is 41.3 Å². The third-order valence-electron chi connectivity index (χ3n) is 4.54. The lowest BCUT2D eigenvalue weighted by Crippen LogP contribution is -2.33. The summed E-state index contributed by atoms with van der Waals surface area (Å²) in [6.07, 6.45) is -3.53. The Morgan fingerprint density at radius 3 is 2.89 bits per heavy atom. The second-order valence-electron chi connectivity index (χ2n) is 6.86. The second-order valence-corrected chi connectivity index (χ2v) is 8.47. The van der Waals surface area contributed by atoms with E-state index >= 15 is 0 Å². The summed E-state index contributed by atoms with van der Waals surface area (Å²) in [5.41, 5.74) is 0.389. The number of thioether (sulfide) groups is 1. The van der Waals surface area contributed by atoms with Gasteiger partial charge in [0.25, 0.3) is 0 Å².